The standard InChI is InChI=1S/C16H27N3O/c1-2-10-19-11-6-9-15(19)16(20)18-14(12-17)13-7-4-3-5-8-13/h6,9,11,13-14H,2-5,7-8,10,12,17H2,1H3,(H,18,20). The van der Waals surface area contributed by atoms with Gasteiger partial charge in [-0.15, -0.1) is 0 Å². The van der Waals surface area contributed by atoms with Crippen molar-refractivity contribution in [3.63, 3.8) is 0 Å². The topological polar surface area (TPSA) is 60.0 Å². The molecule has 1 amide bonds. The van der Waals surface area contributed by atoms with Gasteiger partial charge in [-0.25, -0.2) is 0 Å². The third-order valence-corrected chi connectivity index (χ3v) is 4.32. The van der Waals surface area contributed by atoms with Crippen LogP contribution in [0.3, 0.4) is 0 Å². The lowest BCUT2D eigenvalue weighted by atomic mass is 9.84. The number of hydrogen-bond acceptors (Lipinski definition) is 2. The van der Waals surface area contributed by atoms with Gasteiger partial charge in [0.1, 0.15) is 5.69 Å². The number of nitrogens with one attached hydrogen (secondary N) is 1. The van der Waals surface area contributed by atoms with Crippen molar-refractivity contribution in [3.05, 3.63) is 24.0 Å². The van der Waals surface area contributed by atoms with Crippen molar-refractivity contribution in [1.29, 1.82) is 0 Å². The fourth-order valence-electron chi connectivity index (χ4n) is 3.20. The van der Waals surface area contributed by atoms with Crippen LogP contribution in [-0.4, -0.2) is 23.1 Å². The maximum atomic E-state index is 12.4. The molecule has 1 aromatic rings. The van der Waals surface area contributed by atoms with Crippen LogP contribution in [0.25, 0.3) is 0 Å². The third kappa shape index (κ3) is 3.63. The Kier molecular flexibility index (Phi) is 5.65. The Morgan fingerprint density at radius 3 is 2.85 bits per heavy atom. The summed E-state index contributed by atoms with van der Waals surface area (Å²) in [5.74, 6) is 0.566. The molecule has 1 saturated carbocycles. The molecule has 1 unspecified atom stereocenters. The zero-order valence-electron chi connectivity index (χ0n) is 12.5. The van der Waals surface area contributed by atoms with Crippen LogP contribution in [0.1, 0.15) is 55.9 Å². The summed E-state index contributed by atoms with van der Waals surface area (Å²) in [6.07, 6.45) is 9.23. The Balaban J connectivity index is 1.99. The summed E-state index contributed by atoms with van der Waals surface area (Å²) in [7, 11) is 0. The lowest BCUT2D eigenvalue weighted by Gasteiger charge is -2.30. The monoisotopic (exact) mass is 277 g/mol. The van der Waals surface area contributed by atoms with Gasteiger partial charge in [0, 0.05) is 25.3 Å². The van der Waals surface area contributed by atoms with Crippen LogP contribution in [-0.2, 0) is 6.54 Å². The predicted octanol–water partition coefficient (Wildman–Crippen LogP) is 2.54. The van der Waals surface area contributed by atoms with Crippen molar-refractivity contribution in [2.24, 2.45) is 11.7 Å². The highest BCUT2D eigenvalue weighted by Gasteiger charge is 2.25. The molecule has 2 rings (SSSR count). The van der Waals surface area contributed by atoms with Crippen LogP contribution in [0.15, 0.2) is 18.3 Å². The summed E-state index contributed by atoms with van der Waals surface area (Å²) in [5.41, 5.74) is 6.63. The van der Waals surface area contributed by atoms with Gasteiger partial charge in [-0.3, -0.25) is 4.79 Å². The number of aromatic nitrogens is 1. The van der Waals surface area contributed by atoms with Crippen LogP contribution < -0.4 is 11.1 Å². The van der Waals surface area contributed by atoms with E-state index in [1.54, 1.807) is 0 Å². The van der Waals surface area contributed by atoms with E-state index in [4.69, 9.17) is 5.73 Å². The molecule has 1 fully saturated rings. The summed E-state index contributed by atoms with van der Waals surface area (Å²) in [5, 5.41) is 3.15. The highest BCUT2D eigenvalue weighted by Crippen LogP contribution is 2.26. The Bertz CT molecular complexity index is 421. The van der Waals surface area contributed by atoms with Gasteiger partial charge >= 0.3 is 0 Å². The zero-order valence-corrected chi connectivity index (χ0v) is 12.5. The summed E-state index contributed by atoms with van der Waals surface area (Å²) in [6, 6.07) is 3.94. The molecule has 112 valence electrons. The first-order valence-corrected chi connectivity index (χ1v) is 7.92. The molecule has 0 aliphatic heterocycles. The molecule has 3 N–H and O–H groups in total. The molecule has 0 radical (unpaired) electrons. The quantitative estimate of drug-likeness (QED) is 0.839. The second-order valence-electron chi connectivity index (χ2n) is 5.80. The van der Waals surface area contributed by atoms with E-state index in [-0.39, 0.29) is 11.9 Å². The molecule has 0 aromatic carbocycles. The normalized spacial score (nSPS) is 17.9. The Morgan fingerprint density at radius 1 is 1.45 bits per heavy atom. The molecular weight excluding hydrogens is 250 g/mol. The first-order valence-electron chi connectivity index (χ1n) is 7.92. The van der Waals surface area contributed by atoms with Gasteiger partial charge in [-0.05, 0) is 37.3 Å². The Morgan fingerprint density at radius 2 is 2.20 bits per heavy atom. The predicted molar refractivity (Wildman–Crippen MR) is 81.6 cm³/mol. The van der Waals surface area contributed by atoms with Gasteiger partial charge in [0.05, 0.1) is 0 Å². The molecule has 1 aliphatic rings. The third-order valence-electron chi connectivity index (χ3n) is 4.32. The minimum atomic E-state index is 0.0180. The van der Waals surface area contributed by atoms with Crippen LogP contribution in [0.5, 0.6) is 0 Å². The molecule has 4 nitrogen and oxygen atoms in total. The molecule has 1 atom stereocenters. The molecule has 0 spiro atoms. The van der Waals surface area contributed by atoms with E-state index in [0.717, 1.165) is 18.7 Å². The molecule has 1 aliphatic carbocycles. The summed E-state index contributed by atoms with van der Waals surface area (Å²) < 4.78 is 2.02. The van der Waals surface area contributed by atoms with Crippen molar-refractivity contribution in [2.75, 3.05) is 6.54 Å². The molecule has 4 heteroatoms. The largest absolute Gasteiger partial charge is 0.346 e. The van der Waals surface area contributed by atoms with Gasteiger partial charge in [-0.1, -0.05) is 26.2 Å². The average Bonchev–Trinajstić information content (AvgIpc) is 2.94. The van der Waals surface area contributed by atoms with Crippen molar-refractivity contribution in [2.45, 2.75) is 58.0 Å². The first kappa shape index (κ1) is 15.1. The van der Waals surface area contributed by atoms with E-state index in [2.05, 4.69) is 12.2 Å². The number of nitrogens with zero attached hydrogens (tertiary/aromatic N) is 1. The van der Waals surface area contributed by atoms with E-state index in [1.807, 2.05) is 22.9 Å². The van der Waals surface area contributed by atoms with Crippen molar-refractivity contribution in [3.8, 4) is 0 Å². The van der Waals surface area contributed by atoms with Gasteiger partial charge in [0.15, 0.2) is 0 Å². The number of carbonyl (C=O) groups excluding carboxylic acids is 1. The van der Waals surface area contributed by atoms with Gasteiger partial charge < -0.3 is 15.6 Å². The van der Waals surface area contributed by atoms with Gasteiger partial charge in [0.25, 0.3) is 5.91 Å². The van der Waals surface area contributed by atoms with Gasteiger partial charge in [-0.2, -0.15) is 0 Å². The van der Waals surface area contributed by atoms with E-state index < -0.39 is 0 Å². The number of amides is 1. The molecule has 0 saturated heterocycles. The number of rotatable bonds is 6. The molecular formula is C16H27N3O. The zero-order chi connectivity index (χ0) is 14.4. The van der Waals surface area contributed by atoms with E-state index >= 15 is 0 Å². The number of aryl methyl sites for hydroxylation is 1. The second-order valence-corrected chi connectivity index (χ2v) is 5.80. The SMILES string of the molecule is CCCn1cccc1C(=O)NC(CN)C1CCCCC1. The van der Waals surface area contributed by atoms with E-state index in [1.165, 1.54) is 32.1 Å². The van der Waals surface area contributed by atoms with Crippen LogP contribution in [0, 0.1) is 5.92 Å². The van der Waals surface area contributed by atoms with Crippen molar-refractivity contribution >= 4 is 5.91 Å². The highest BCUT2D eigenvalue weighted by molar-refractivity contribution is 5.93. The Hall–Kier alpha value is -1.29. The minimum absolute atomic E-state index is 0.0180. The van der Waals surface area contributed by atoms with Crippen molar-refractivity contribution in [1.82, 2.24) is 9.88 Å². The van der Waals surface area contributed by atoms with E-state index in [0.29, 0.717) is 12.5 Å². The molecule has 0 bridgehead atoms. The first-order chi connectivity index (χ1) is 9.76. The molecule has 1 heterocycles. The van der Waals surface area contributed by atoms with Gasteiger partial charge in [0.2, 0.25) is 0 Å². The van der Waals surface area contributed by atoms with Crippen LogP contribution in [0.2, 0.25) is 0 Å². The maximum Gasteiger partial charge on any atom is 0.268 e. The molecule has 20 heavy (non-hydrogen) atoms. The van der Waals surface area contributed by atoms with E-state index in [9.17, 15) is 4.79 Å². The van der Waals surface area contributed by atoms with Crippen LogP contribution >= 0.6 is 0 Å². The Labute approximate surface area is 121 Å². The maximum absolute atomic E-state index is 12.4. The fourth-order valence-corrected chi connectivity index (χ4v) is 3.20. The fraction of sp³-hybridized carbons (Fsp3) is 0.688. The van der Waals surface area contributed by atoms with Crippen LogP contribution in [0.4, 0.5) is 0 Å². The highest BCUT2D eigenvalue weighted by atomic mass is 16.2. The summed E-state index contributed by atoms with van der Waals surface area (Å²) >= 11 is 0. The average molecular weight is 277 g/mol. The lowest BCUT2D eigenvalue weighted by Crippen LogP contribution is -2.46. The van der Waals surface area contributed by atoms with Crippen molar-refractivity contribution < 1.29 is 4.79 Å². The summed E-state index contributed by atoms with van der Waals surface area (Å²) in [4.78, 5) is 12.4. The number of nitrogens with two attached hydrogens (primary N) is 1. The number of carbonyl (C=O) groups is 1. The second kappa shape index (κ2) is 7.48. The molecule has 1 aromatic heterocycles. The number of hydrogen-bond donors (Lipinski definition) is 2. The summed E-state index contributed by atoms with van der Waals surface area (Å²) in [6.45, 7) is 3.53. The smallest absolute Gasteiger partial charge is 0.268 e. The lowest BCUT2D eigenvalue weighted by molar-refractivity contribution is 0.0906. The minimum Gasteiger partial charge on any atom is -0.346 e.